The number of carbonyl (C=O) groups excluding carboxylic acids is 1. The number of rotatable bonds is 6. The molecule has 2 aliphatic heterocycles. The van der Waals surface area contributed by atoms with Crippen molar-refractivity contribution in [2.75, 3.05) is 13.1 Å². The third-order valence-electron chi connectivity index (χ3n) is 7.46. The second-order valence-corrected chi connectivity index (χ2v) is 10.3. The molecule has 0 radical (unpaired) electrons. The fourth-order valence-electron chi connectivity index (χ4n) is 4.68. The first-order valence-electron chi connectivity index (χ1n) is 12.1. The van der Waals surface area contributed by atoms with Crippen LogP contribution in [-0.4, -0.2) is 52.1 Å². The Morgan fingerprint density at radius 3 is 2.41 bits per heavy atom. The number of aromatic nitrogens is 2. The third-order valence-corrected chi connectivity index (χ3v) is 7.46. The maximum atomic E-state index is 12.7. The molecule has 1 N–H and O–H groups in total. The number of imidazole rings is 1. The molecule has 1 atom stereocenters. The smallest absolute Gasteiger partial charge is 0.399 e. The molecule has 34 heavy (non-hydrogen) atoms. The van der Waals surface area contributed by atoms with Crippen LogP contribution in [-0.2, 0) is 9.31 Å². The molecule has 0 amide bonds. The molecule has 1 aromatic heterocycles. The fraction of sp³-hybridized carbons (Fsp3) is 0.407. The van der Waals surface area contributed by atoms with Gasteiger partial charge in [-0.2, -0.15) is 0 Å². The summed E-state index contributed by atoms with van der Waals surface area (Å²) in [4.78, 5) is 23.2. The minimum Gasteiger partial charge on any atom is -0.399 e. The molecule has 0 spiro atoms. The summed E-state index contributed by atoms with van der Waals surface area (Å²) in [6, 6.07) is 17.9. The van der Waals surface area contributed by atoms with Gasteiger partial charge in [-0.15, -0.1) is 0 Å². The topological polar surface area (TPSA) is 67.5 Å². The third kappa shape index (κ3) is 4.36. The monoisotopic (exact) mass is 457 g/mol. The van der Waals surface area contributed by atoms with Crippen LogP contribution >= 0.6 is 0 Å². The van der Waals surface area contributed by atoms with Crippen molar-refractivity contribution < 1.29 is 14.1 Å². The Morgan fingerprint density at radius 2 is 1.74 bits per heavy atom. The van der Waals surface area contributed by atoms with Gasteiger partial charge in [0.2, 0.25) is 0 Å². The lowest BCUT2D eigenvalue weighted by Gasteiger charge is -2.32. The Kier molecular flexibility index (Phi) is 5.96. The van der Waals surface area contributed by atoms with Gasteiger partial charge in [0.25, 0.3) is 0 Å². The van der Waals surface area contributed by atoms with Crippen molar-refractivity contribution >= 4 is 18.4 Å². The Morgan fingerprint density at radius 1 is 1.06 bits per heavy atom. The Labute approximate surface area is 201 Å². The lowest BCUT2D eigenvalue weighted by atomic mass is 9.79. The highest BCUT2D eigenvalue weighted by Crippen LogP contribution is 2.36. The van der Waals surface area contributed by atoms with Gasteiger partial charge in [-0.25, -0.2) is 4.98 Å². The van der Waals surface area contributed by atoms with Gasteiger partial charge in [0.1, 0.15) is 5.82 Å². The number of Topliss-reactive ketones (excluding diaryl/α,β-unsaturated/α-hetero) is 1. The van der Waals surface area contributed by atoms with E-state index in [9.17, 15) is 4.79 Å². The van der Waals surface area contributed by atoms with E-state index in [0.717, 1.165) is 47.5 Å². The summed E-state index contributed by atoms with van der Waals surface area (Å²) in [5.74, 6) is 1.07. The van der Waals surface area contributed by atoms with E-state index in [1.54, 1.807) is 0 Å². The molecular weight excluding hydrogens is 425 g/mol. The summed E-state index contributed by atoms with van der Waals surface area (Å²) < 4.78 is 12.3. The zero-order chi connectivity index (χ0) is 23.9. The quantitative estimate of drug-likeness (QED) is 0.439. The number of benzene rings is 2. The van der Waals surface area contributed by atoms with Crippen molar-refractivity contribution in [2.45, 2.75) is 57.8 Å². The van der Waals surface area contributed by atoms with Crippen LogP contribution < -0.4 is 5.46 Å². The second-order valence-electron chi connectivity index (χ2n) is 10.3. The summed E-state index contributed by atoms with van der Waals surface area (Å²) in [5, 5.41) is 0. The molecule has 2 aliphatic rings. The first kappa shape index (κ1) is 23.0. The van der Waals surface area contributed by atoms with E-state index in [1.165, 1.54) is 0 Å². The Balaban J connectivity index is 1.28. The van der Waals surface area contributed by atoms with Gasteiger partial charge in [-0.1, -0.05) is 54.6 Å². The average molecular weight is 457 g/mol. The number of H-pyrrole nitrogens is 1. The first-order valence-corrected chi connectivity index (χ1v) is 12.1. The highest BCUT2D eigenvalue weighted by molar-refractivity contribution is 6.62. The number of hydrogen-bond donors (Lipinski definition) is 1. The molecule has 0 saturated carbocycles. The Hall–Kier alpha value is -2.74. The lowest BCUT2D eigenvalue weighted by molar-refractivity contribution is 0.00578. The maximum absolute atomic E-state index is 12.7. The molecular formula is C27H32BN3O3. The summed E-state index contributed by atoms with van der Waals surface area (Å²) in [7, 11) is -0.370. The van der Waals surface area contributed by atoms with E-state index in [0.29, 0.717) is 6.54 Å². The molecule has 6 nitrogen and oxygen atoms in total. The summed E-state index contributed by atoms with van der Waals surface area (Å²) in [6.45, 7) is 9.57. The molecule has 0 aliphatic carbocycles. The average Bonchev–Trinajstić information content (AvgIpc) is 3.52. The zero-order valence-corrected chi connectivity index (χ0v) is 20.4. The van der Waals surface area contributed by atoms with Crippen LogP contribution in [0.4, 0.5) is 0 Å². The van der Waals surface area contributed by atoms with Crippen molar-refractivity contribution in [3.63, 3.8) is 0 Å². The van der Waals surface area contributed by atoms with Gasteiger partial charge in [-0.3, -0.25) is 9.69 Å². The van der Waals surface area contributed by atoms with Gasteiger partial charge in [0.05, 0.1) is 35.7 Å². The van der Waals surface area contributed by atoms with E-state index < -0.39 is 0 Å². The molecule has 7 heteroatoms. The number of hydrogen-bond acceptors (Lipinski definition) is 5. The highest BCUT2D eigenvalue weighted by Gasteiger charge is 2.51. The van der Waals surface area contributed by atoms with Crippen molar-refractivity contribution in [2.24, 2.45) is 0 Å². The van der Waals surface area contributed by atoms with Crippen LogP contribution in [0.2, 0.25) is 0 Å². The molecule has 2 fully saturated rings. The molecule has 0 bridgehead atoms. The van der Waals surface area contributed by atoms with Crippen LogP contribution in [0.15, 0.2) is 60.8 Å². The number of ketones is 1. The number of nitrogens with one attached hydrogen (secondary N) is 1. The van der Waals surface area contributed by atoms with Crippen LogP contribution in [0.3, 0.4) is 0 Å². The fourth-order valence-corrected chi connectivity index (χ4v) is 4.68. The van der Waals surface area contributed by atoms with Crippen LogP contribution in [0.5, 0.6) is 0 Å². The van der Waals surface area contributed by atoms with Crippen LogP contribution in [0.25, 0.3) is 11.3 Å². The van der Waals surface area contributed by atoms with E-state index >= 15 is 0 Å². The van der Waals surface area contributed by atoms with Gasteiger partial charge < -0.3 is 14.3 Å². The first-order chi connectivity index (χ1) is 16.2. The Bertz CT molecular complexity index is 1140. The molecule has 5 rings (SSSR count). The molecule has 3 aromatic rings. The van der Waals surface area contributed by atoms with Gasteiger partial charge in [-0.05, 0) is 58.1 Å². The van der Waals surface area contributed by atoms with Gasteiger partial charge in [0.15, 0.2) is 5.78 Å². The molecule has 176 valence electrons. The largest absolute Gasteiger partial charge is 0.494 e. The van der Waals surface area contributed by atoms with Crippen molar-refractivity contribution in [1.29, 1.82) is 0 Å². The lowest BCUT2D eigenvalue weighted by Crippen LogP contribution is -2.41. The van der Waals surface area contributed by atoms with Crippen molar-refractivity contribution in [3.05, 3.63) is 72.2 Å². The molecule has 2 saturated heterocycles. The zero-order valence-electron chi connectivity index (χ0n) is 20.4. The number of likely N-dealkylation sites (tertiary alicyclic amines) is 1. The standard InChI is InChI=1S/C27H32BN3O3/c1-26(2)27(3,4)34-28(33-26)21-14-12-19(13-15-21)22-17-29-25(30-22)23-11-8-16-31(23)18-24(32)20-9-6-5-7-10-20/h5-7,9-10,12-15,17,23H,8,11,16,18H2,1-4H3,(H,29,30)/t23-/m0/s1. The SMILES string of the molecule is CC1(C)OB(c2ccc(-c3cnc([C@@H]4CCCN4CC(=O)c4ccccc4)[nH]3)cc2)OC1(C)C. The minimum absolute atomic E-state index is 0.130. The molecule has 0 unspecified atom stereocenters. The van der Waals surface area contributed by atoms with E-state index in [-0.39, 0.29) is 30.1 Å². The van der Waals surface area contributed by atoms with Crippen LogP contribution in [0.1, 0.15) is 62.8 Å². The highest BCUT2D eigenvalue weighted by atomic mass is 16.7. The maximum Gasteiger partial charge on any atom is 0.494 e. The second kappa shape index (κ2) is 8.80. The predicted molar refractivity (Wildman–Crippen MR) is 134 cm³/mol. The summed E-state index contributed by atoms with van der Waals surface area (Å²) in [5.41, 5.74) is 3.08. The molecule has 3 heterocycles. The summed E-state index contributed by atoms with van der Waals surface area (Å²) in [6.07, 6.45) is 3.94. The van der Waals surface area contributed by atoms with Gasteiger partial charge in [0, 0.05) is 5.56 Å². The molecule has 2 aromatic carbocycles. The van der Waals surface area contributed by atoms with E-state index in [1.807, 2.05) is 36.5 Å². The predicted octanol–water partition coefficient (Wildman–Crippen LogP) is 4.40. The van der Waals surface area contributed by atoms with Gasteiger partial charge >= 0.3 is 7.12 Å². The number of carbonyl (C=O) groups is 1. The minimum atomic E-state index is -0.370. The normalized spacial score (nSPS) is 21.8. The van der Waals surface area contributed by atoms with Crippen LogP contribution in [0, 0.1) is 0 Å². The van der Waals surface area contributed by atoms with E-state index in [2.05, 4.69) is 66.8 Å². The summed E-state index contributed by atoms with van der Waals surface area (Å²) >= 11 is 0. The van der Waals surface area contributed by atoms with Crippen molar-refractivity contribution in [3.8, 4) is 11.3 Å². The number of aromatic amines is 1. The number of nitrogens with zero attached hydrogens (tertiary/aromatic N) is 2. The van der Waals surface area contributed by atoms with Crippen molar-refractivity contribution in [1.82, 2.24) is 14.9 Å². The van der Waals surface area contributed by atoms with E-state index in [4.69, 9.17) is 9.31 Å².